The zero-order valence-electron chi connectivity index (χ0n) is 18.0. The summed E-state index contributed by atoms with van der Waals surface area (Å²) in [5.74, 6) is -12.0. The van der Waals surface area contributed by atoms with Crippen molar-refractivity contribution in [2.75, 3.05) is 0 Å². The molecular weight excluding hydrogens is 435 g/mol. The molecule has 0 radical (unpaired) electrons. The van der Waals surface area contributed by atoms with Crippen LogP contribution in [0.25, 0.3) is 0 Å². The van der Waals surface area contributed by atoms with Gasteiger partial charge in [-0.25, -0.2) is 0 Å². The molecule has 178 valence electrons. The van der Waals surface area contributed by atoms with Crippen molar-refractivity contribution in [3.63, 3.8) is 0 Å². The van der Waals surface area contributed by atoms with Crippen molar-refractivity contribution in [3.05, 3.63) is 24.7 Å². The van der Waals surface area contributed by atoms with Gasteiger partial charge in [-0.05, 0) is 67.8 Å². The van der Waals surface area contributed by atoms with Crippen molar-refractivity contribution < 1.29 is 41.0 Å². The van der Waals surface area contributed by atoms with Crippen molar-refractivity contribution in [2.45, 2.75) is 69.4 Å². The maximum Gasteiger partial charge on any atom is 0.475 e. The van der Waals surface area contributed by atoms with E-state index in [1.165, 1.54) is 0 Å². The van der Waals surface area contributed by atoms with Gasteiger partial charge in [0, 0.05) is 12.3 Å². The van der Waals surface area contributed by atoms with Gasteiger partial charge in [0.2, 0.25) is 0 Å². The van der Waals surface area contributed by atoms with E-state index in [-0.39, 0.29) is 48.3 Å². The molecule has 4 bridgehead atoms. The molecule has 4 aliphatic carbocycles. The molecule has 1 heterocycles. The lowest BCUT2D eigenvalue weighted by Gasteiger charge is -2.56. The predicted molar refractivity (Wildman–Crippen MR) is 102 cm³/mol. The van der Waals surface area contributed by atoms with Crippen LogP contribution in [0, 0.1) is 41.4 Å². The molecule has 0 aromatic heterocycles. The first-order valence-corrected chi connectivity index (χ1v) is 11.2. The number of alkyl halides is 5. The van der Waals surface area contributed by atoms with E-state index < -0.39 is 47.7 Å². The predicted octanol–water partition coefficient (Wildman–Crippen LogP) is 5.59. The Balaban J connectivity index is 1.54. The van der Waals surface area contributed by atoms with E-state index >= 15 is 8.78 Å². The molecule has 5 aliphatic rings. The molecule has 0 amide bonds. The van der Waals surface area contributed by atoms with Crippen LogP contribution >= 0.6 is 0 Å². The van der Waals surface area contributed by atoms with Crippen molar-refractivity contribution in [2.24, 2.45) is 41.4 Å². The van der Waals surface area contributed by atoms with Crippen LogP contribution in [-0.2, 0) is 19.0 Å². The van der Waals surface area contributed by atoms with E-state index in [2.05, 4.69) is 22.1 Å². The fourth-order valence-corrected chi connectivity index (χ4v) is 7.30. The monoisotopic (exact) mass is 462 g/mol. The van der Waals surface area contributed by atoms with Gasteiger partial charge < -0.3 is 14.2 Å². The van der Waals surface area contributed by atoms with Crippen LogP contribution in [0.15, 0.2) is 24.7 Å². The summed E-state index contributed by atoms with van der Waals surface area (Å²) in [7, 11) is 0. The molecule has 1 saturated heterocycles. The van der Waals surface area contributed by atoms with Crippen LogP contribution in [-0.4, -0.2) is 29.5 Å². The second-order valence-electron chi connectivity index (χ2n) is 10.5. The quantitative estimate of drug-likeness (QED) is 0.236. The molecule has 0 aromatic rings. The number of hydrogen-bond donors (Lipinski definition) is 0. The van der Waals surface area contributed by atoms with Crippen molar-refractivity contribution in [3.8, 4) is 0 Å². The minimum Gasteiger partial charge on any atom is -0.452 e. The maximum absolute atomic E-state index is 16.2. The lowest BCUT2D eigenvalue weighted by molar-refractivity contribution is -0.485. The van der Waals surface area contributed by atoms with Gasteiger partial charge in [-0.15, -0.1) is 0 Å². The Morgan fingerprint density at radius 1 is 1.19 bits per heavy atom. The average Bonchev–Trinajstić information content (AvgIpc) is 3.42. The highest BCUT2D eigenvalue weighted by Gasteiger charge is 2.89. The molecule has 1 aliphatic heterocycles. The van der Waals surface area contributed by atoms with Crippen LogP contribution in [0.3, 0.4) is 0 Å². The molecule has 4 nitrogen and oxygen atoms in total. The molecule has 8 unspecified atom stereocenters. The van der Waals surface area contributed by atoms with Crippen LogP contribution in [0.5, 0.6) is 0 Å². The number of esters is 1. The van der Waals surface area contributed by atoms with Crippen LogP contribution < -0.4 is 0 Å². The zero-order valence-corrected chi connectivity index (χ0v) is 18.0. The fourth-order valence-electron chi connectivity index (χ4n) is 7.30. The lowest BCUT2D eigenvalue weighted by atomic mass is 9.64. The van der Waals surface area contributed by atoms with Crippen LogP contribution in [0.2, 0.25) is 0 Å². The van der Waals surface area contributed by atoms with E-state index in [9.17, 15) is 18.0 Å². The zero-order chi connectivity index (χ0) is 23.3. The summed E-state index contributed by atoms with van der Waals surface area (Å²) >= 11 is 0. The van der Waals surface area contributed by atoms with E-state index in [1.54, 1.807) is 13.8 Å². The van der Waals surface area contributed by atoms with E-state index in [1.807, 2.05) is 6.08 Å². The summed E-state index contributed by atoms with van der Waals surface area (Å²) in [5, 5.41) is 0. The summed E-state index contributed by atoms with van der Waals surface area (Å²) in [6.45, 7) is 6.85. The molecule has 4 fully saturated rings. The number of halogens is 5. The van der Waals surface area contributed by atoms with Crippen molar-refractivity contribution in [1.82, 2.24) is 0 Å². The first-order valence-electron chi connectivity index (χ1n) is 11.2. The standard InChI is InChI=1S/C23H27F5O4/c1-11(2)4-7-17(29)32-22(23(26,27)28)21(24,25)20(30-12(3)31-22)10-15-9-16(20)19-14-6-5-13(8-14)18(15)19/h5-6,11,13-16,18-19H,3-4,7-10H2,1-2H3. The molecule has 1 spiro atoms. The average molecular weight is 462 g/mol. The fraction of sp³-hybridized carbons (Fsp3) is 0.783. The van der Waals surface area contributed by atoms with Gasteiger partial charge >= 0.3 is 23.9 Å². The number of fused-ring (bicyclic) bond motifs is 10. The Morgan fingerprint density at radius 3 is 2.47 bits per heavy atom. The Kier molecular flexibility index (Phi) is 4.56. The van der Waals surface area contributed by atoms with Gasteiger partial charge in [0.25, 0.3) is 5.95 Å². The number of hydrogen-bond acceptors (Lipinski definition) is 4. The van der Waals surface area contributed by atoms with Gasteiger partial charge in [-0.1, -0.05) is 26.0 Å². The highest BCUT2D eigenvalue weighted by molar-refractivity contribution is 5.70. The maximum atomic E-state index is 16.2. The highest BCUT2D eigenvalue weighted by Crippen LogP contribution is 2.74. The minimum atomic E-state index is -5.69. The SMILES string of the molecule is C=C1OC2(CC3CC2C2C4C=CC(C4)C32)C(F)(F)C(OC(=O)CCC(C)C)(C(F)(F)F)O1. The Bertz CT molecular complexity index is 867. The number of rotatable bonds is 4. The molecule has 5 rings (SSSR count). The van der Waals surface area contributed by atoms with Gasteiger partial charge in [0.15, 0.2) is 5.60 Å². The third-order valence-corrected chi connectivity index (χ3v) is 8.37. The van der Waals surface area contributed by atoms with E-state index in [4.69, 9.17) is 4.74 Å². The second kappa shape index (κ2) is 6.63. The number of ether oxygens (including phenoxy) is 3. The Labute approximate surface area is 183 Å². The Morgan fingerprint density at radius 2 is 1.84 bits per heavy atom. The topological polar surface area (TPSA) is 44.8 Å². The Hall–Kier alpha value is -1.80. The first-order chi connectivity index (χ1) is 14.8. The van der Waals surface area contributed by atoms with E-state index in [0.29, 0.717) is 6.42 Å². The first kappa shape index (κ1) is 22.0. The number of allylic oxidation sites excluding steroid dienone is 2. The largest absolute Gasteiger partial charge is 0.475 e. The summed E-state index contributed by atoms with van der Waals surface area (Å²) in [4.78, 5) is 12.3. The molecule has 3 saturated carbocycles. The van der Waals surface area contributed by atoms with Crippen LogP contribution in [0.4, 0.5) is 22.0 Å². The summed E-state index contributed by atoms with van der Waals surface area (Å²) in [6, 6.07) is 0. The summed E-state index contributed by atoms with van der Waals surface area (Å²) < 4.78 is 89.9. The van der Waals surface area contributed by atoms with Crippen molar-refractivity contribution in [1.29, 1.82) is 0 Å². The lowest BCUT2D eigenvalue weighted by Crippen LogP contribution is -2.76. The van der Waals surface area contributed by atoms with Gasteiger partial charge in [-0.2, -0.15) is 22.0 Å². The van der Waals surface area contributed by atoms with Gasteiger partial charge in [-0.3, -0.25) is 4.79 Å². The number of carbonyl (C=O) groups excluding carboxylic acids is 1. The van der Waals surface area contributed by atoms with Gasteiger partial charge in [0.05, 0.1) is 0 Å². The molecule has 0 N–H and O–H groups in total. The molecule has 32 heavy (non-hydrogen) atoms. The third kappa shape index (κ3) is 2.62. The third-order valence-electron chi connectivity index (χ3n) is 8.37. The smallest absolute Gasteiger partial charge is 0.452 e. The normalized spacial score (nSPS) is 45.3. The second-order valence-corrected chi connectivity index (χ2v) is 10.5. The summed E-state index contributed by atoms with van der Waals surface area (Å²) in [5.41, 5.74) is -2.47. The van der Waals surface area contributed by atoms with Gasteiger partial charge in [0.1, 0.15) is 0 Å². The molecule has 0 aromatic carbocycles. The molecule has 9 heteroatoms. The number of carbonyl (C=O) groups is 1. The highest BCUT2D eigenvalue weighted by atomic mass is 19.4. The van der Waals surface area contributed by atoms with Crippen molar-refractivity contribution >= 4 is 5.97 Å². The molecular formula is C23H27F5O4. The van der Waals surface area contributed by atoms with E-state index in [0.717, 1.165) is 6.42 Å². The van der Waals surface area contributed by atoms with Crippen LogP contribution in [0.1, 0.15) is 46.0 Å². The minimum absolute atomic E-state index is 0.0184. The summed E-state index contributed by atoms with van der Waals surface area (Å²) in [6.07, 6.45) is -0.858. The molecule has 8 atom stereocenters.